The van der Waals surface area contributed by atoms with Gasteiger partial charge in [-0.3, -0.25) is 0 Å². The second-order valence-electron chi connectivity index (χ2n) is 5.72. The monoisotopic (exact) mass is 206 g/mol. The van der Waals surface area contributed by atoms with Gasteiger partial charge in [-0.05, 0) is 11.6 Å². The Hall–Kier alpha value is 0.864. The molecule has 0 aliphatic heterocycles. The van der Waals surface area contributed by atoms with Crippen LogP contribution in [0, 0.1) is 0 Å². The fourth-order valence-corrected chi connectivity index (χ4v) is 8.44. The molecule has 0 rings (SSSR count). The van der Waals surface area contributed by atoms with Crippen LogP contribution < -0.4 is 0 Å². The van der Waals surface area contributed by atoms with Gasteiger partial charge >= 0.3 is 0 Å². The van der Waals surface area contributed by atoms with E-state index in [9.17, 15) is 0 Å². The van der Waals surface area contributed by atoms with Gasteiger partial charge in [0, 0.05) is 16.1 Å². The molecule has 0 aliphatic carbocycles. The van der Waals surface area contributed by atoms with E-state index < -0.39 is 16.1 Å². The van der Waals surface area contributed by atoms with Crippen molar-refractivity contribution in [2.75, 3.05) is 11.6 Å². The maximum absolute atomic E-state index is 2.48. The largest absolute Gasteiger partial charge is 0.128 e. The molecule has 0 saturated heterocycles. The summed E-state index contributed by atoms with van der Waals surface area (Å²) in [5.74, 6) is 3.11. The van der Waals surface area contributed by atoms with Gasteiger partial charge in [-0.1, -0.05) is 39.3 Å². The van der Waals surface area contributed by atoms with Crippen molar-refractivity contribution in [2.45, 2.75) is 39.3 Å². The summed E-state index contributed by atoms with van der Waals surface area (Å²) in [5.41, 5.74) is 0. The van der Waals surface area contributed by atoms with Gasteiger partial charge in [-0.25, -0.2) is 0 Å². The van der Waals surface area contributed by atoms with Crippen LogP contribution in [0.1, 0.15) is 0 Å². The van der Waals surface area contributed by atoms with E-state index >= 15 is 0 Å². The Labute approximate surface area is 76.0 Å². The van der Waals surface area contributed by atoms with Crippen molar-refractivity contribution < 1.29 is 0 Å². The van der Waals surface area contributed by atoms with Gasteiger partial charge < -0.3 is 0 Å². The van der Waals surface area contributed by atoms with Gasteiger partial charge in [0.2, 0.25) is 0 Å². The molecular formula is C8H23PSi2. The quantitative estimate of drug-likeness (QED) is 0.488. The minimum Gasteiger partial charge on any atom is -0.128 e. The molecule has 0 aromatic heterocycles. The minimum atomic E-state index is -0.722. The van der Waals surface area contributed by atoms with E-state index in [0.717, 1.165) is 0 Å². The maximum Gasteiger partial charge on any atom is 0.0482 e. The molecule has 0 heterocycles. The van der Waals surface area contributed by atoms with Crippen LogP contribution in [-0.4, -0.2) is 27.7 Å². The summed E-state index contributed by atoms with van der Waals surface area (Å²) in [6.45, 7) is 14.9. The molecule has 0 fully saturated rings. The van der Waals surface area contributed by atoms with Crippen LogP contribution in [0.5, 0.6) is 0 Å². The van der Waals surface area contributed by atoms with E-state index in [4.69, 9.17) is 0 Å². The second kappa shape index (κ2) is 4.20. The molecule has 0 nitrogen and oxygen atoms in total. The Bertz CT molecular complexity index is 96.2. The molecule has 0 saturated carbocycles. The molecule has 0 amide bonds. The van der Waals surface area contributed by atoms with Crippen LogP contribution >= 0.6 is 8.58 Å². The molecule has 0 aromatic rings. The Balaban J connectivity index is 3.44. The van der Waals surface area contributed by atoms with Gasteiger partial charge in [0.05, 0.1) is 0 Å². The zero-order valence-electron chi connectivity index (χ0n) is 8.91. The van der Waals surface area contributed by atoms with E-state index in [1.54, 1.807) is 11.6 Å². The van der Waals surface area contributed by atoms with Crippen LogP contribution in [0.4, 0.5) is 0 Å². The predicted molar refractivity (Wildman–Crippen MR) is 64.7 cm³/mol. The molecule has 0 unspecified atom stereocenters. The van der Waals surface area contributed by atoms with Crippen molar-refractivity contribution in [1.29, 1.82) is 0 Å². The van der Waals surface area contributed by atoms with Crippen LogP contribution in [0.3, 0.4) is 0 Å². The Morgan fingerprint density at radius 3 is 1.18 bits per heavy atom. The molecule has 0 aromatic carbocycles. The summed E-state index contributed by atoms with van der Waals surface area (Å²) in [5, 5.41) is 0. The van der Waals surface area contributed by atoms with Crippen molar-refractivity contribution in [3.8, 4) is 0 Å². The lowest BCUT2D eigenvalue weighted by Gasteiger charge is -2.20. The van der Waals surface area contributed by atoms with Crippen LogP contribution in [0.25, 0.3) is 0 Å². The SMILES string of the molecule is C[Si](C)(C)CPC[Si](C)(C)C. The summed E-state index contributed by atoms with van der Waals surface area (Å²) in [4.78, 5) is 0. The van der Waals surface area contributed by atoms with Crippen molar-refractivity contribution in [2.24, 2.45) is 0 Å². The first-order valence-corrected chi connectivity index (χ1v) is 13.2. The van der Waals surface area contributed by atoms with E-state index in [0.29, 0.717) is 0 Å². The highest BCUT2D eigenvalue weighted by atomic mass is 31.1. The lowest BCUT2D eigenvalue weighted by atomic mass is 11.7. The van der Waals surface area contributed by atoms with Crippen LogP contribution in [-0.2, 0) is 0 Å². The summed E-state index contributed by atoms with van der Waals surface area (Å²) in [6, 6.07) is 0. The number of rotatable bonds is 4. The molecule has 11 heavy (non-hydrogen) atoms. The van der Waals surface area contributed by atoms with E-state index in [-0.39, 0.29) is 0 Å². The van der Waals surface area contributed by atoms with Crippen molar-refractivity contribution >= 4 is 24.7 Å². The predicted octanol–water partition coefficient (Wildman–Crippen LogP) is 3.42. The first-order chi connectivity index (χ1) is 4.71. The molecular weight excluding hydrogens is 183 g/mol. The normalized spacial score (nSPS) is 13.6. The first-order valence-electron chi connectivity index (χ1n) is 4.41. The zero-order valence-corrected chi connectivity index (χ0v) is 11.9. The lowest BCUT2D eigenvalue weighted by Crippen LogP contribution is -2.28. The lowest BCUT2D eigenvalue weighted by molar-refractivity contribution is 1.63. The Morgan fingerprint density at radius 2 is 1.00 bits per heavy atom. The van der Waals surface area contributed by atoms with Crippen molar-refractivity contribution in [1.82, 2.24) is 0 Å². The summed E-state index contributed by atoms with van der Waals surface area (Å²) in [6.07, 6.45) is 0. The van der Waals surface area contributed by atoms with Crippen LogP contribution in [0.2, 0.25) is 39.3 Å². The molecule has 0 N–H and O–H groups in total. The average molecular weight is 206 g/mol. The number of hydrogen-bond acceptors (Lipinski definition) is 0. The van der Waals surface area contributed by atoms with E-state index in [1.165, 1.54) is 8.58 Å². The minimum absolute atomic E-state index is 0.722. The highest BCUT2D eigenvalue weighted by Crippen LogP contribution is 2.21. The summed E-state index contributed by atoms with van der Waals surface area (Å²) < 4.78 is 0. The van der Waals surface area contributed by atoms with Gasteiger partial charge in [-0.2, -0.15) is 0 Å². The number of hydrogen-bond donors (Lipinski definition) is 0. The average Bonchev–Trinajstić information content (AvgIpc) is 1.55. The molecule has 68 valence electrons. The molecule has 3 heteroatoms. The summed E-state index contributed by atoms with van der Waals surface area (Å²) >= 11 is 0. The molecule has 0 spiro atoms. The Morgan fingerprint density at radius 1 is 0.727 bits per heavy atom. The van der Waals surface area contributed by atoms with Gasteiger partial charge in [0.25, 0.3) is 0 Å². The van der Waals surface area contributed by atoms with Crippen LogP contribution in [0.15, 0.2) is 0 Å². The highest BCUT2D eigenvalue weighted by Gasteiger charge is 2.16. The van der Waals surface area contributed by atoms with E-state index in [2.05, 4.69) is 39.3 Å². The van der Waals surface area contributed by atoms with Crippen molar-refractivity contribution in [3.63, 3.8) is 0 Å². The topological polar surface area (TPSA) is 0 Å². The first kappa shape index (κ1) is 11.9. The third-order valence-electron chi connectivity index (χ3n) is 1.31. The van der Waals surface area contributed by atoms with Gasteiger partial charge in [0.1, 0.15) is 0 Å². The maximum atomic E-state index is 2.48. The summed E-state index contributed by atoms with van der Waals surface area (Å²) in [7, 11) is -0.186. The van der Waals surface area contributed by atoms with Crippen molar-refractivity contribution in [3.05, 3.63) is 0 Å². The Kier molecular flexibility index (Phi) is 4.53. The molecule has 0 aliphatic rings. The van der Waals surface area contributed by atoms with Gasteiger partial charge in [-0.15, -0.1) is 8.58 Å². The third kappa shape index (κ3) is 10.9. The van der Waals surface area contributed by atoms with E-state index in [1.807, 2.05) is 0 Å². The second-order valence-corrected chi connectivity index (χ2v) is 19.3. The zero-order chi connectivity index (χ0) is 9.12. The molecule has 0 atom stereocenters. The fourth-order valence-electron chi connectivity index (χ4n) is 0.812. The highest BCUT2D eigenvalue weighted by molar-refractivity contribution is 7.45. The molecule has 0 radical (unpaired) electrons. The molecule has 0 bridgehead atoms. The third-order valence-corrected chi connectivity index (χ3v) is 11.8. The smallest absolute Gasteiger partial charge is 0.0482 e. The van der Waals surface area contributed by atoms with Gasteiger partial charge in [0.15, 0.2) is 0 Å². The standard InChI is InChI=1S/C8H23PSi2/c1-10(2,3)7-9-8-11(4,5)6/h9H,7-8H2,1-6H3. The fraction of sp³-hybridized carbons (Fsp3) is 1.00.